The molecule has 1 fully saturated rings. The van der Waals surface area contributed by atoms with Gasteiger partial charge in [0.2, 0.25) is 5.91 Å². The lowest BCUT2D eigenvalue weighted by Gasteiger charge is -2.28. The third-order valence-corrected chi connectivity index (χ3v) is 7.49. The van der Waals surface area contributed by atoms with Crippen molar-refractivity contribution >= 4 is 50.8 Å². The number of carbonyl (C=O) groups is 3. The fraction of sp³-hybridized carbons (Fsp3) is 0.318. The van der Waals surface area contributed by atoms with E-state index >= 15 is 0 Å². The van der Waals surface area contributed by atoms with E-state index in [1.54, 1.807) is 36.4 Å². The predicted molar refractivity (Wildman–Crippen MR) is 124 cm³/mol. The summed E-state index contributed by atoms with van der Waals surface area (Å²) in [6, 6.07) is 13.8. The maximum Gasteiger partial charge on any atom is 0.316 e. The summed E-state index contributed by atoms with van der Waals surface area (Å²) in [5, 5.41) is 2.41. The second kappa shape index (κ2) is 11.3. The molecule has 2 aromatic rings. The normalized spacial score (nSPS) is 16.7. The van der Waals surface area contributed by atoms with Crippen molar-refractivity contribution in [3.8, 4) is 0 Å². The van der Waals surface area contributed by atoms with Crippen molar-refractivity contribution in [3.63, 3.8) is 0 Å². The fourth-order valence-electron chi connectivity index (χ4n) is 3.36. The van der Waals surface area contributed by atoms with Crippen molar-refractivity contribution < 1.29 is 31.9 Å². The summed E-state index contributed by atoms with van der Waals surface area (Å²) in [6.45, 7) is -0.549. The second-order valence-corrected chi connectivity index (χ2v) is 10.6. The largest absolute Gasteiger partial charge is 0.455 e. The monoisotopic (exact) mass is 494 g/mol. The van der Waals surface area contributed by atoms with Gasteiger partial charge in [0.25, 0.3) is 5.91 Å². The first-order chi connectivity index (χ1) is 15.7. The number of benzene rings is 2. The number of nitrogens with one attached hydrogen (secondary N) is 1. The van der Waals surface area contributed by atoms with Crippen LogP contribution in [-0.2, 0) is 29.0 Å². The molecule has 1 N–H and O–H groups in total. The minimum absolute atomic E-state index is 0.000344. The van der Waals surface area contributed by atoms with Gasteiger partial charge < -0.3 is 15.0 Å². The summed E-state index contributed by atoms with van der Waals surface area (Å²) in [4.78, 5) is 38.1. The highest BCUT2D eigenvalue weighted by molar-refractivity contribution is 8.00. The first-order valence-electron chi connectivity index (χ1n) is 10.1. The average Bonchev–Trinajstić information content (AvgIpc) is 3.14. The third kappa shape index (κ3) is 7.29. The Morgan fingerprint density at radius 2 is 1.76 bits per heavy atom. The lowest BCUT2D eigenvalue weighted by Crippen LogP contribution is -2.43. The number of nitrogens with zero attached hydrogens (tertiary/aromatic N) is 1. The number of para-hydroxylation sites is 2. The highest BCUT2D eigenvalue weighted by Crippen LogP contribution is 2.24. The molecule has 0 spiro atoms. The van der Waals surface area contributed by atoms with Crippen LogP contribution < -0.4 is 10.2 Å². The number of carbonyl (C=O) groups excluding carboxylic acids is 3. The van der Waals surface area contributed by atoms with Gasteiger partial charge in [-0.3, -0.25) is 14.4 Å². The minimum atomic E-state index is -3.23. The number of thioether (sulfide) groups is 1. The Morgan fingerprint density at radius 3 is 2.42 bits per heavy atom. The molecule has 176 valence electrons. The number of rotatable bonds is 9. The Hall–Kier alpha value is -2.92. The molecule has 1 aliphatic rings. The van der Waals surface area contributed by atoms with Gasteiger partial charge in [0.05, 0.1) is 34.7 Å². The molecular formula is C22H23FN2O6S2. The molecule has 0 bridgehead atoms. The third-order valence-electron chi connectivity index (χ3n) is 4.83. The number of ether oxygens (including phenoxy) is 1. The topological polar surface area (TPSA) is 110 Å². The van der Waals surface area contributed by atoms with Crippen LogP contribution in [0.2, 0.25) is 0 Å². The molecule has 0 aromatic heterocycles. The number of esters is 1. The molecule has 0 saturated carbocycles. The van der Waals surface area contributed by atoms with Crippen LogP contribution in [0.1, 0.15) is 6.42 Å². The SMILES string of the molecule is O=C(CSCC(=O)OCC(=O)N(c1ccccc1)[C@H]1CCS(=O)(=O)C1)Nc1ccccc1F. The van der Waals surface area contributed by atoms with E-state index in [2.05, 4.69) is 5.32 Å². The molecule has 1 aliphatic heterocycles. The molecule has 1 atom stereocenters. The summed E-state index contributed by atoms with van der Waals surface area (Å²) < 4.78 is 42.4. The van der Waals surface area contributed by atoms with Crippen LogP contribution >= 0.6 is 11.8 Å². The van der Waals surface area contributed by atoms with Crippen LogP contribution in [0.3, 0.4) is 0 Å². The van der Waals surface area contributed by atoms with Crippen molar-refractivity contribution in [2.24, 2.45) is 0 Å². The van der Waals surface area contributed by atoms with Gasteiger partial charge in [0.1, 0.15) is 5.82 Å². The van der Waals surface area contributed by atoms with Crippen molar-refractivity contribution in [1.29, 1.82) is 0 Å². The van der Waals surface area contributed by atoms with E-state index in [9.17, 15) is 27.2 Å². The number of anilines is 2. The molecule has 2 aromatic carbocycles. The first-order valence-corrected chi connectivity index (χ1v) is 13.1. The standard InChI is InChI=1S/C22H23FN2O6S2/c23-18-8-4-5-9-19(18)24-20(26)13-32-14-22(28)31-12-21(27)25(16-6-2-1-3-7-16)17-10-11-33(29,30)15-17/h1-9,17H,10-15H2,(H,24,26)/t17-/m0/s1. The van der Waals surface area contributed by atoms with E-state index in [0.29, 0.717) is 12.1 Å². The van der Waals surface area contributed by atoms with E-state index in [1.807, 2.05) is 0 Å². The molecule has 3 rings (SSSR count). The maximum absolute atomic E-state index is 13.6. The Kier molecular flexibility index (Phi) is 8.45. The van der Waals surface area contributed by atoms with Crippen molar-refractivity contribution in [2.45, 2.75) is 12.5 Å². The van der Waals surface area contributed by atoms with Gasteiger partial charge in [-0.15, -0.1) is 11.8 Å². The Bertz CT molecular complexity index is 1110. The highest BCUT2D eigenvalue weighted by Gasteiger charge is 2.35. The second-order valence-electron chi connectivity index (χ2n) is 7.34. The minimum Gasteiger partial charge on any atom is -0.455 e. The molecule has 11 heteroatoms. The first kappa shape index (κ1) is 24.7. The quantitative estimate of drug-likeness (QED) is 0.533. The summed E-state index contributed by atoms with van der Waals surface area (Å²) in [5.41, 5.74) is 0.575. The van der Waals surface area contributed by atoms with E-state index < -0.39 is 46.1 Å². The zero-order valence-electron chi connectivity index (χ0n) is 17.6. The van der Waals surface area contributed by atoms with Gasteiger partial charge >= 0.3 is 5.97 Å². The summed E-state index contributed by atoms with van der Waals surface area (Å²) in [6.07, 6.45) is 0.309. The number of hydrogen-bond acceptors (Lipinski definition) is 7. The smallest absolute Gasteiger partial charge is 0.316 e. The molecule has 0 radical (unpaired) electrons. The Morgan fingerprint density at radius 1 is 1.06 bits per heavy atom. The van der Waals surface area contributed by atoms with Crippen LogP contribution in [0, 0.1) is 5.82 Å². The highest BCUT2D eigenvalue weighted by atomic mass is 32.2. The Balaban J connectivity index is 1.48. The van der Waals surface area contributed by atoms with Gasteiger partial charge in [0, 0.05) is 5.69 Å². The van der Waals surface area contributed by atoms with E-state index in [1.165, 1.54) is 23.1 Å². The van der Waals surface area contributed by atoms with Gasteiger partial charge in [-0.1, -0.05) is 30.3 Å². The van der Waals surface area contributed by atoms with Crippen molar-refractivity contribution in [2.75, 3.05) is 39.8 Å². The molecule has 2 amide bonds. The van der Waals surface area contributed by atoms with E-state index in [-0.39, 0.29) is 28.7 Å². The summed E-state index contributed by atoms with van der Waals surface area (Å²) in [5.74, 6) is -2.69. The van der Waals surface area contributed by atoms with E-state index in [4.69, 9.17) is 4.74 Å². The summed E-state index contributed by atoms with van der Waals surface area (Å²) >= 11 is 0.963. The lowest BCUT2D eigenvalue weighted by molar-refractivity contribution is -0.145. The molecular weight excluding hydrogens is 471 g/mol. The van der Waals surface area contributed by atoms with Crippen LogP contribution in [0.5, 0.6) is 0 Å². The zero-order valence-corrected chi connectivity index (χ0v) is 19.2. The molecule has 1 heterocycles. The lowest BCUT2D eigenvalue weighted by atomic mass is 10.2. The van der Waals surface area contributed by atoms with Gasteiger partial charge in [-0.25, -0.2) is 12.8 Å². The van der Waals surface area contributed by atoms with Gasteiger partial charge in [-0.2, -0.15) is 0 Å². The Labute approximate surface area is 195 Å². The number of halogens is 1. The average molecular weight is 495 g/mol. The van der Waals surface area contributed by atoms with Crippen molar-refractivity contribution in [1.82, 2.24) is 0 Å². The van der Waals surface area contributed by atoms with Gasteiger partial charge in [0.15, 0.2) is 16.4 Å². The van der Waals surface area contributed by atoms with Crippen LogP contribution in [-0.4, -0.2) is 61.9 Å². The molecule has 0 unspecified atom stereocenters. The maximum atomic E-state index is 13.6. The molecule has 33 heavy (non-hydrogen) atoms. The van der Waals surface area contributed by atoms with Crippen molar-refractivity contribution in [3.05, 3.63) is 60.4 Å². The van der Waals surface area contributed by atoms with E-state index in [0.717, 1.165) is 11.8 Å². The zero-order chi connectivity index (χ0) is 23.8. The number of amides is 2. The predicted octanol–water partition coefficient (Wildman–Crippen LogP) is 2.26. The van der Waals surface area contributed by atoms with Crippen LogP contribution in [0.15, 0.2) is 54.6 Å². The van der Waals surface area contributed by atoms with Gasteiger partial charge in [-0.05, 0) is 30.7 Å². The summed E-state index contributed by atoms with van der Waals surface area (Å²) in [7, 11) is -3.23. The molecule has 0 aliphatic carbocycles. The fourth-order valence-corrected chi connectivity index (χ4v) is 5.66. The molecule has 1 saturated heterocycles. The molecule has 8 nitrogen and oxygen atoms in total. The number of hydrogen-bond donors (Lipinski definition) is 1. The van der Waals surface area contributed by atoms with Crippen LogP contribution in [0.4, 0.5) is 15.8 Å². The number of sulfone groups is 1. The van der Waals surface area contributed by atoms with Crippen LogP contribution in [0.25, 0.3) is 0 Å².